The monoisotopic (exact) mass is 614 g/mol. The van der Waals surface area contributed by atoms with Gasteiger partial charge in [0.05, 0.1) is 30.4 Å². The highest BCUT2D eigenvalue weighted by Crippen LogP contribution is 2.41. The van der Waals surface area contributed by atoms with Crippen molar-refractivity contribution >= 4 is 43.6 Å². The Hall–Kier alpha value is -3.37. The van der Waals surface area contributed by atoms with E-state index in [2.05, 4.69) is 15.9 Å². The number of carbonyl (C=O) groups excluding carboxylic acids is 1. The second-order valence-electron chi connectivity index (χ2n) is 9.41. The number of rotatable bonds is 7. The molecule has 3 aromatic rings. The quantitative estimate of drug-likeness (QED) is 0.318. The van der Waals surface area contributed by atoms with Crippen LogP contribution in [0.15, 0.2) is 70.0 Å². The Balaban J connectivity index is 1.46. The maximum absolute atomic E-state index is 14.2. The smallest absolute Gasteiger partial charge is 0.268 e. The average molecular weight is 616 g/mol. The van der Waals surface area contributed by atoms with Crippen LogP contribution in [0, 0.1) is 5.82 Å². The minimum atomic E-state index is -4.00. The number of sulfonamides is 1. The second-order valence-corrected chi connectivity index (χ2v) is 12.1. The first kappa shape index (κ1) is 27.2. The van der Waals surface area contributed by atoms with E-state index in [-0.39, 0.29) is 34.2 Å². The van der Waals surface area contributed by atoms with Crippen molar-refractivity contribution in [2.45, 2.75) is 30.2 Å². The molecule has 0 N–H and O–H groups in total. The molecule has 0 aliphatic carbocycles. The Labute approximate surface area is 236 Å². The molecule has 1 amide bonds. The number of hydrogen-bond donors (Lipinski definition) is 0. The summed E-state index contributed by atoms with van der Waals surface area (Å²) in [6.07, 6.45) is 5.13. The molecule has 0 aromatic heterocycles. The van der Waals surface area contributed by atoms with Gasteiger partial charge in [-0.2, -0.15) is 0 Å². The second kappa shape index (κ2) is 11.0. The lowest BCUT2D eigenvalue weighted by Gasteiger charge is -2.24. The Morgan fingerprint density at radius 2 is 1.87 bits per heavy atom. The van der Waals surface area contributed by atoms with Crippen LogP contribution in [0.5, 0.6) is 11.5 Å². The third kappa shape index (κ3) is 5.15. The first-order valence-corrected chi connectivity index (χ1v) is 14.8. The zero-order valence-corrected chi connectivity index (χ0v) is 24.0. The molecule has 1 saturated heterocycles. The molecule has 2 aliphatic rings. The number of likely N-dealkylation sites (tertiary alicyclic amines) is 1. The van der Waals surface area contributed by atoms with Gasteiger partial charge in [-0.05, 0) is 88.3 Å². The summed E-state index contributed by atoms with van der Waals surface area (Å²) in [5, 5.41) is 0. The van der Waals surface area contributed by atoms with Crippen LogP contribution in [-0.2, 0) is 21.2 Å². The Bertz CT molecular complexity index is 1560. The summed E-state index contributed by atoms with van der Waals surface area (Å²) < 4.78 is 54.6. The number of methoxy groups -OCH3 is 2. The maximum atomic E-state index is 14.2. The summed E-state index contributed by atoms with van der Waals surface area (Å²) in [6, 6.07) is 15.2. The van der Waals surface area contributed by atoms with Crippen molar-refractivity contribution in [2.75, 3.05) is 31.6 Å². The fraction of sp³-hybridized carbons (Fsp3) is 0.276. The van der Waals surface area contributed by atoms with Crippen LogP contribution in [0.4, 0.5) is 10.1 Å². The molecule has 1 fully saturated rings. The van der Waals surface area contributed by atoms with E-state index >= 15 is 0 Å². The van der Waals surface area contributed by atoms with E-state index in [0.29, 0.717) is 35.2 Å². The predicted octanol–water partition coefficient (Wildman–Crippen LogP) is 5.73. The average Bonchev–Trinajstić information content (AvgIpc) is 3.61. The molecule has 1 atom stereocenters. The van der Waals surface area contributed by atoms with E-state index < -0.39 is 10.0 Å². The van der Waals surface area contributed by atoms with Gasteiger partial charge in [0.2, 0.25) is 5.91 Å². The van der Waals surface area contributed by atoms with Gasteiger partial charge in [-0.15, -0.1) is 0 Å². The standard InChI is InChI=1S/C29H28BrFN2O5S/c1-37-26-16-19(9-12-28(34)32-14-5-8-24(32)21-10-11-22(30)23(31)18-21)17-27(29(26)38-2)39(35,36)33-15-13-20-6-3-4-7-25(20)33/h3-4,6-7,9-12,16-18,24H,5,8,13-15H2,1-2H3/b12-9+. The summed E-state index contributed by atoms with van der Waals surface area (Å²) >= 11 is 3.17. The number of benzene rings is 3. The Morgan fingerprint density at radius 3 is 2.62 bits per heavy atom. The highest BCUT2D eigenvalue weighted by Gasteiger charge is 2.34. The minimum Gasteiger partial charge on any atom is -0.493 e. The normalized spacial score (nSPS) is 17.1. The molecular weight excluding hydrogens is 587 g/mol. The molecule has 0 saturated carbocycles. The largest absolute Gasteiger partial charge is 0.493 e. The molecule has 10 heteroatoms. The van der Waals surface area contributed by atoms with E-state index in [4.69, 9.17) is 9.47 Å². The minimum absolute atomic E-state index is 0.0439. The van der Waals surface area contributed by atoms with Crippen molar-refractivity contribution in [3.05, 3.63) is 87.7 Å². The summed E-state index contributed by atoms with van der Waals surface area (Å²) in [5.74, 6) is -0.278. The van der Waals surface area contributed by atoms with Crippen LogP contribution in [0.25, 0.3) is 6.08 Å². The molecule has 0 spiro atoms. The van der Waals surface area contributed by atoms with E-state index in [0.717, 1.165) is 24.0 Å². The third-order valence-electron chi connectivity index (χ3n) is 7.16. The van der Waals surface area contributed by atoms with Gasteiger partial charge >= 0.3 is 0 Å². The molecule has 7 nitrogen and oxygen atoms in total. The van der Waals surface area contributed by atoms with Crippen molar-refractivity contribution in [1.29, 1.82) is 0 Å². The van der Waals surface area contributed by atoms with Crippen LogP contribution in [0.1, 0.15) is 35.6 Å². The number of carbonyl (C=O) groups is 1. The highest BCUT2D eigenvalue weighted by atomic mass is 79.9. The fourth-order valence-electron chi connectivity index (χ4n) is 5.27. The van der Waals surface area contributed by atoms with Gasteiger partial charge in [0.15, 0.2) is 11.5 Å². The summed E-state index contributed by atoms with van der Waals surface area (Å²) in [5.41, 5.74) is 2.80. The van der Waals surface area contributed by atoms with Crippen LogP contribution >= 0.6 is 15.9 Å². The molecule has 0 bridgehead atoms. The first-order valence-electron chi connectivity index (χ1n) is 12.5. The number of amides is 1. The lowest BCUT2D eigenvalue weighted by Crippen LogP contribution is -2.29. The molecule has 5 rings (SSSR count). The van der Waals surface area contributed by atoms with Crippen molar-refractivity contribution in [2.24, 2.45) is 0 Å². The van der Waals surface area contributed by atoms with Crippen LogP contribution in [0.3, 0.4) is 0 Å². The summed E-state index contributed by atoms with van der Waals surface area (Å²) in [6.45, 7) is 0.865. The van der Waals surface area contributed by atoms with Crippen LogP contribution in [-0.4, -0.2) is 46.5 Å². The summed E-state index contributed by atoms with van der Waals surface area (Å²) in [7, 11) is -1.17. The molecule has 2 heterocycles. The molecule has 204 valence electrons. The lowest BCUT2D eigenvalue weighted by atomic mass is 10.0. The zero-order chi connectivity index (χ0) is 27.7. The molecule has 3 aromatic carbocycles. The van der Waals surface area contributed by atoms with Gasteiger partial charge in [-0.25, -0.2) is 12.8 Å². The molecular formula is C29H28BrFN2O5S. The van der Waals surface area contributed by atoms with Gasteiger partial charge in [-0.1, -0.05) is 24.3 Å². The number of ether oxygens (including phenoxy) is 2. The fourth-order valence-corrected chi connectivity index (χ4v) is 7.23. The van der Waals surface area contributed by atoms with E-state index in [9.17, 15) is 17.6 Å². The maximum Gasteiger partial charge on any atom is 0.268 e. The van der Waals surface area contributed by atoms with E-state index in [1.807, 2.05) is 24.3 Å². The van der Waals surface area contributed by atoms with E-state index in [1.165, 1.54) is 36.7 Å². The molecule has 0 radical (unpaired) electrons. The SMILES string of the molecule is COc1cc(/C=C/C(=O)N2CCCC2c2ccc(Br)c(F)c2)cc(S(=O)(=O)N2CCc3ccccc32)c1OC. The number of fused-ring (bicyclic) bond motifs is 1. The van der Waals surface area contributed by atoms with Gasteiger partial charge in [0.25, 0.3) is 10.0 Å². The number of nitrogens with zero attached hydrogens (tertiary/aromatic N) is 2. The van der Waals surface area contributed by atoms with E-state index in [1.54, 1.807) is 29.2 Å². The zero-order valence-electron chi connectivity index (χ0n) is 21.6. The van der Waals surface area contributed by atoms with Gasteiger partial charge in [-0.3, -0.25) is 9.10 Å². The summed E-state index contributed by atoms with van der Waals surface area (Å²) in [4.78, 5) is 14.9. The van der Waals surface area contributed by atoms with Crippen molar-refractivity contribution in [3.8, 4) is 11.5 Å². The van der Waals surface area contributed by atoms with Crippen LogP contribution < -0.4 is 13.8 Å². The molecule has 1 unspecified atom stereocenters. The van der Waals surface area contributed by atoms with Crippen LogP contribution in [0.2, 0.25) is 0 Å². The van der Waals surface area contributed by atoms with Gasteiger partial charge < -0.3 is 14.4 Å². The Kier molecular flexibility index (Phi) is 7.68. The van der Waals surface area contributed by atoms with Crippen molar-refractivity contribution < 1.29 is 27.1 Å². The number of anilines is 1. The first-order chi connectivity index (χ1) is 18.7. The van der Waals surface area contributed by atoms with Gasteiger partial charge in [0.1, 0.15) is 10.7 Å². The number of halogens is 2. The van der Waals surface area contributed by atoms with Gasteiger partial charge in [0, 0.05) is 19.2 Å². The molecule has 2 aliphatic heterocycles. The lowest BCUT2D eigenvalue weighted by molar-refractivity contribution is -0.126. The number of hydrogen-bond acceptors (Lipinski definition) is 5. The van der Waals surface area contributed by atoms with Crippen molar-refractivity contribution in [3.63, 3.8) is 0 Å². The molecule has 39 heavy (non-hydrogen) atoms. The van der Waals surface area contributed by atoms with Crippen molar-refractivity contribution in [1.82, 2.24) is 4.90 Å². The predicted molar refractivity (Wildman–Crippen MR) is 151 cm³/mol. The number of para-hydroxylation sites is 1. The highest BCUT2D eigenvalue weighted by molar-refractivity contribution is 9.10. The topological polar surface area (TPSA) is 76.2 Å². The third-order valence-corrected chi connectivity index (χ3v) is 9.62. The Morgan fingerprint density at radius 1 is 1.08 bits per heavy atom.